The van der Waals surface area contributed by atoms with E-state index < -0.39 is 36.1 Å². The molecule has 2 saturated heterocycles. The number of hydrogen-bond acceptors (Lipinski definition) is 5. The zero-order valence-corrected chi connectivity index (χ0v) is 16.1. The lowest BCUT2D eigenvalue weighted by Crippen LogP contribution is -2.43. The lowest BCUT2D eigenvalue weighted by Gasteiger charge is -2.30. The number of benzene rings is 1. The lowest BCUT2D eigenvalue weighted by molar-refractivity contribution is -0.162. The van der Waals surface area contributed by atoms with Crippen LogP contribution in [0.1, 0.15) is 44.8 Å². The second-order valence-electron chi connectivity index (χ2n) is 7.61. The Bertz CT molecular complexity index is 771. The Morgan fingerprint density at radius 1 is 1.11 bits per heavy atom. The molecule has 8 heteroatoms. The maximum Gasteiger partial charge on any atom is 0.327 e. The number of imide groups is 1. The van der Waals surface area contributed by atoms with E-state index in [0.29, 0.717) is 18.7 Å². The maximum absolute atomic E-state index is 13.0. The third-order valence-corrected chi connectivity index (χ3v) is 4.98. The van der Waals surface area contributed by atoms with E-state index in [1.165, 1.54) is 0 Å². The lowest BCUT2D eigenvalue weighted by atomic mass is 10.1. The van der Waals surface area contributed by atoms with Crippen LogP contribution in [0.2, 0.25) is 0 Å². The van der Waals surface area contributed by atoms with Gasteiger partial charge in [-0.3, -0.25) is 19.3 Å². The molecule has 2 fully saturated rings. The van der Waals surface area contributed by atoms with E-state index in [1.54, 1.807) is 43.0 Å². The first kappa shape index (κ1) is 19.9. The van der Waals surface area contributed by atoms with Crippen molar-refractivity contribution in [3.8, 4) is 0 Å². The number of likely N-dealkylation sites (tertiary alicyclic amines) is 1. The molecule has 0 saturated carbocycles. The number of amides is 4. The standard InChI is InChI=1S/C20H25N3O5/c1-20(2)18(26)23(19(27)21-20)13-15(24)28-16(14-9-5-3-6-10-14)17(25)22-11-7-4-8-12-22/h3,5-6,9-10,16H,4,7-8,11-13H2,1-2H3,(H,21,27)/t16-/m1/s1. The van der Waals surface area contributed by atoms with Gasteiger partial charge in [-0.05, 0) is 33.1 Å². The molecule has 1 aromatic carbocycles. The fourth-order valence-corrected chi connectivity index (χ4v) is 3.43. The Labute approximate surface area is 163 Å². The molecule has 3 rings (SSSR count). The van der Waals surface area contributed by atoms with Gasteiger partial charge in [-0.2, -0.15) is 0 Å². The van der Waals surface area contributed by atoms with E-state index in [-0.39, 0.29) is 5.91 Å². The highest BCUT2D eigenvalue weighted by Crippen LogP contribution is 2.24. The van der Waals surface area contributed by atoms with Gasteiger partial charge >= 0.3 is 12.0 Å². The number of esters is 1. The molecular formula is C20H25N3O5. The summed E-state index contributed by atoms with van der Waals surface area (Å²) in [5, 5.41) is 2.51. The van der Waals surface area contributed by atoms with Crippen LogP contribution in [0, 0.1) is 0 Å². The summed E-state index contributed by atoms with van der Waals surface area (Å²) in [7, 11) is 0. The van der Waals surface area contributed by atoms with Crippen LogP contribution in [-0.2, 0) is 19.1 Å². The van der Waals surface area contributed by atoms with Gasteiger partial charge in [0.25, 0.3) is 11.8 Å². The van der Waals surface area contributed by atoms with Crippen molar-refractivity contribution in [2.45, 2.75) is 44.8 Å². The van der Waals surface area contributed by atoms with Crippen molar-refractivity contribution in [2.75, 3.05) is 19.6 Å². The summed E-state index contributed by atoms with van der Waals surface area (Å²) in [6.07, 6.45) is 1.81. The predicted molar refractivity (Wildman–Crippen MR) is 100 cm³/mol. The number of urea groups is 1. The van der Waals surface area contributed by atoms with Gasteiger partial charge in [0.05, 0.1) is 0 Å². The summed E-state index contributed by atoms with van der Waals surface area (Å²) >= 11 is 0. The minimum atomic E-state index is -1.10. The first-order chi connectivity index (χ1) is 13.3. The van der Waals surface area contributed by atoms with E-state index in [2.05, 4.69) is 5.32 Å². The van der Waals surface area contributed by atoms with Gasteiger partial charge in [-0.1, -0.05) is 30.3 Å². The summed E-state index contributed by atoms with van der Waals surface area (Å²) in [5.41, 5.74) is -0.510. The van der Waals surface area contributed by atoms with Gasteiger partial charge in [0.1, 0.15) is 12.1 Å². The van der Waals surface area contributed by atoms with Gasteiger partial charge in [-0.25, -0.2) is 4.79 Å². The number of piperidine rings is 1. The smallest absolute Gasteiger partial charge is 0.327 e. The van der Waals surface area contributed by atoms with E-state index >= 15 is 0 Å². The monoisotopic (exact) mass is 387 g/mol. The summed E-state index contributed by atoms with van der Waals surface area (Å²) in [4.78, 5) is 52.3. The zero-order chi connectivity index (χ0) is 20.3. The van der Waals surface area contributed by atoms with Crippen molar-refractivity contribution in [1.82, 2.24) is 15.1 Å². The van der Waals surface area contributed by atoms with Crippen LogP contribution in [-0.4, -0.2) is 58.8 Å². The first-order valence-corrected chi connectivity index (χ1v) is 9.47. The molecule has 2 aliphatic heterocycles. The highest BCUT2D eigenvalue weighted by molar-refractivity contribution is 6.08. The van der Waals surface area contributed by atoms with E-state index in [9.17, 15) is 19.2 Å². The molecule has 1 atom stereocenters. The second kappa shape index (κ2) is 8.00. The highest BCUT2D eigenvalue weighted by atomic mass is 16.5. The third kappa shape index (κ3) is 4.16. The average Bonchev–Trinajstić information content (AvgIpc) is 2.88. The summed E-state index contributed by atoms with van der Waals surface area (Å²) < 4.78 is 5.47. The third-order valence-electron chi connectivity index (χ3n) is 4.98. The van der Waals surface area contributed by atoms with Crippen molar-refractivity contribution in [2.24, 2.45) is 0 Å². The molecule has 0 bridgehead atoms. The van der Waals surface area contributed by atoms with Crippen molar-refractivity contribution in [1.29, 1.82) is 0 Å². The SMILES string of the molecule is CC1(C)NC(=O)N(CC(=O)O[C@@H](C(=O)N2CCCCC2)c2ccccc2)C1=O. The fourth-order valence-electron chi connectivity index (χ4n) is 3.43. The topological polar surface area (TPSA) is 96.0 Å². The largest absolute Gasteiger partial charge is 0.446 e. The fraction of sp³-hybridized carbons (Fsp3) is 0.500. The molecule has 0 unspecified atom stereocenters. The molecule has 0 spiro atoms. The molecule has 8 nitrogen and oxygen atoms in total. The highest BCUT2D eigenvalue weighted by Gasteiger charge is 2.45. The Kier molecular flexibility index (Phi) is 5.67. The predicted octanol–water partition coefficient (Wildman–Crippen LogP) is 1.61. The Hall–Kier alpha value is -2.90. The van der Waals surface area contributed by atoms with Crippen LogP contribution < -0.4 is 5.32 Å². The molecule has 2 heterocycles. The molecule has 0 aromatic heterocycles. The Balaban J connectivity index is 1.74. The van der Waals surface area contributed by atoms with Gasteiger partial charge in [0.2, 0.25) is 6.10 Å². The van der Waals surface area contributed by atoms with Gasteiger partial charge < -0.3 is 15.0 Å². The van der Waals surface area contributed by atoms with Gasteiger partial charge in [-0.15, -0.1) is 0 Å². The molecule has 0 radical (unpaired) electrons. The minimum absolute atomic E-state index is 0.281. The van der Waals surface area contributed by atoms with Crippen molar-refractivity contribution in [3.05, 3.63) is 35.9 Å². The first-order valence-electron chi connectivity index (χ1n) is 9.47. The number of ether oxygens (including phenoxy) is 1. The van der Waals surface area contributed by atoms with Gasteiger partial charge in [0, 0.05) is 18.7 Å². The summed E-state index contributed by atoms with van der Waals surface area (Å²) in [5.74, 6) is -1.59. The van der Waals surface area contributed by atoms with Gasteiger partial charge in [0.15, 0.2) is 0 Å². The number of rotatable bonds is 5. The summed E-state index contributed by atoms with van der Waals surface area (Å²) in [6.45, 7) is 3.84. The number of nitrogens with one attached hydrogen (secondary N) is 1. The van der Waals surface area contributed by atoms with Crippen molar-refractivity contribution in [3.63, 3.8) is 0 Å². The molecule has 4 amide bonds. The van der Waals surface area contributed by atoms with E-state index in [0.717, 1.165) is 24.2 Å². The van der Waals surface area contributed by atoms with Crippen molar-refractivity contribution < 1.29 is 23.9 Å². The van der Waals surface area contributed by atoms with E-state index in [4.69, 9.17) is 4.74 Å². The quantitative estimate of drug-likeness (QED) is 0.612. The van der Waals surface area contributed by atoms with Crippen LogP contribution in [0.25, 0.3) is 0 Å². The number of carbonyl (C=O) groups excluding carboxylic acids is 4. The average molecular weight is 387 g/mol. The molecule has 1 N–H and O–H groups in total. The molecule has 28 heavy (non-hydrogen) atoms. The summed E-state index contributed by atoms with van der Waals surface area (Å²) in [6, 6.07) is 8.13. The van der Waals surface area contributed by atoms with Crippen molar-refractivity contribution >= 4 is 23.8 Å². The zero-order valence-electron chi connectivity index (χ0n) is 16.1. The normalized spacial score (nSPS) is 19.9. The number of nitrogens with zero attached hydrogens (tertiary/aromatic N) is 2. The molecular weight excluding hydrogens is 362 g/mol. The molecule has 0 aliphatic carbocycles. The van der Waals surface area contributed by atoms with Crippen LogP contribution in [0.3, 0.4) is 0 Å². The molecule has 150 valence electrons. The van der Waals surface area contributed by atoms with Crippen LogP contribution in [0.15, 0.2) is 30.3 Å². The van der Waals surface area contributed by atoms with E-state index in [1.807, 2.05) is 6.07 Å². The Morgan fingerprint density at radius 2 is 1.75 bits per heavy atom. The number of hydrogen-bond donors (Lipinski definition) is 1. The molecule has 1 aromatic rings. The second-order valence-corrected chi connectivity index (χ2v) is 7.61. The minimum Gasteiger partial charge on any atom is -0.446 e. The number of carbonyl (C=O) groups is 4. The Morgan fingerprint density at radius 3 is 2.32 bits per heavy atom. The molecule has 2 aliphatic rings. The van der Waals surface area contributed by atoms with Crippen LogP contribution >= 0.6 is 0 Å². The van der Waals surface area contributed by atoms with Crippen LogP contribution in [0.4, 0.5) is 4.79 Å². The van der Waals surface area contributed by atoms with Crippen LogP contribution in [0.5, 0.6) is 0 Å². The maximum atomic E-state index is 13.0.